The maximum atomic E-state index is 15.0. The number of aromatic nitrogens is 2. The summed E-state index contributed by atoms with van der Waals surface area (Å²) >= 11 is 1.43. The predicted octanol–water partition coefficient (Wildman–Crippen LogP) is 5.77. The van der Waals surface area contributed by atoms with Crippen LogP contribution < -0.4 is 19.7 Å². The number of rotatable bonds is 9. The van der Waals surface area contributed by atoms with Gasteiger partial charge in [0.1, 0.15) is 29.6 Å². The van der Waals surface area contributed by atoms with E-state index < -0.39 is 5.67 Å². The fourth-order valence-corrected chi connectivity index (χ4v) is 5.53. The number of pyridine rings is 1. The maximum absolute atomic E-state index is 15.0. The summed E-state index contributed by atoms with van der Waals surface area (Å²) in [6, 6.07) is 18.8. The summed E-state index contributed by atoms with van der Waals surface area (Å²) in [7, 11) is 1.62. The van der Waals surface area contributed by atoms with E-state index in [-0.39, 0.29) is 30.1 Å². The van der Waals surface area contributed by atoms with E-state index in [2.05, 4.69) is 10.3 Å². The molecule has 4 aromatic rings. The van der Waals surface area contributed by atoms with Gasteiger partial charge in [-0.3, -0.25) is 4.79 Å². The monoisotopic (exact) mass is 534 g/mol. The lowest BCUT2D eigenvalue weighted by molar-refractivity contribution is -0.122. The van der Waals surface area contributed by atoms with Gasteiger partial charge in [0.25, 0.3) is 0 Å². The van der Waals surface area contributed by atoms with Crippen LogP contribution in [-0.4, -0.2) is 35.6 Å². The van der Waals surface area contributed by atoms with E-state index in [9.17, 15) is 9.18 Å². The van der Waals surface area contributed by atoms with Gasteiger partial charge >= 0.3 is 0 Å². The summed E-state index contributed by atoms with van der Waals surface area (Å²) in [6.45, 7) is 4.41. The predicted molar refractivity (Wildman–Crippen MR) is 148 cm³/mol. The van der Waals surface area contributed by atoms with E-state index in [0.29, 0.717) is 17.2 Å². The number of benzene rings is 2. The first-order valence-electron chi connectivity index (χ1n) is 12.7. The van der Waals surface area contributed by atoms with Crippen molar-refractivity contribution in [3.8, 4) is 11.6 Å². The molecule has 1 aliphatic rings. The van der Waals surface area contributed by atoms with Crippen molar-refractivity contribution in [1.82, 2.24) is 15.3 Å². The van der Waals surface area contributed by atoms with Crippen molar-refractivity contribution in [2.24, 2.45) is 0 Å². The maximum Gasteiger partial charge on any atom is 0.243 e. The zero-order valence-corrected chi connectivity index (χ0v) is 22.6. The fraction of sp³-hybridized carbons (Fsp3) is 0.345. The van der Waals surface area contributed by atoms with Crippen LogP contribution in [0.1, 0.15) is 43.5 Å². The molecule has 0 aliphatic carbocycles. The number of fused-ring (bicyclic) bond motifs is 1. The molecule has 0 bridgehead atoms. The number of ether oxygens (including phenoxy) is 2. The highest BCUT2D eigenvalue weighted by Crippen LogP contribution is 2.39. The van der Waals surface area contributed by atoms with E-state index in [0.717, 1.165) is 41.0 Å². The minimum atomic E-state index is -1.65. The molecule has 2 aromatic heterocycles. The Morgan fingerprint density at radius 2 is 1.89 bits per heavy atom. The molecule has 0 radical (unpaired) electrons. The minimum absolute atomic E-state index is 0.0229. The van der Waals surface area contributed by atoms with E-state index >= 15 is 0 Å². The van der Waals surface area contributed by atoms with Gasteiger partial charge in [0, 0.05) is 13.1 Å². The SMILES string of the molecule is COc1ccc(COc2nc(C(C)(C)F)cc3sc(N4CCCC4C(=O)NCc4ccccc4)nc23)cc1. The molecule has 1 saturated heterocycles. The van der Waals surface area contributed by atoms with Crippen molar-refractivity contribution in [2.45, 2.75) is 51.6 Å². The third-order valence-corrected chi connectivity index (χ3v) is 7.63. The average Bonchev–Trinajstić information content (AvgIpc) is 3.58. The van der Waals surface area contributed by atoms with Gasteiger partial charge < -0.3 is 19.7 Å². The number of nitrogens with zero attached hydrogens (tertiary/aromatic N) is 3. The molecular weight excluding hydrogens is 503 g/mol. The Kier molecular flexibility index (Phi) is 7.46. The molecule has 0 saturated carbocycles. The van der Waals surface area contributed by atoms with Crippen LogP contribution in [0.3, 0.4) is 0 Å². The van der Waals surface area contributed by atoms with E-state index in [1.54, 1.807) is 13.2 Å². The van der Waals surface area contributed by atoms with Crippen LogP contribution in [0.4, 0.5) is 9.52 Å². The van der Waals surface area contributed by atoms with Crippen molar-refractivity contribution in [3.05, 3.63) is 77.5 Å². The molecule has 1 N–H and O–H groups in total. The van der Waals surface area contributed by atoms with Crippen molar-refractivity contribution in [1.29, 1.82) is 0 Å². The Morgan fingerprint density at radius 3 is 2.61 bits per heavy atom. The lowest BCUT2D eigenvalue weighted by Crippen LogP contribution is -2.43. The van der Waals surface area contributed by atoms with Crippen LogP contribution in [-0.2, 0) is 23.6 Å². The van der Waals surface area contributed by atoms with Gasteiger partial charge in [0.05, 0.1) is 17.5 Å². The quantitative estimate of drug-likeness (QED) is 0.294. The van der Waals surface area contributed by atoms with Crippen molar-refractivity contribution >= 4 is 32.6 Å². The summed E-state index contributed by atoms with van der Waals surface area (Å²) in [5, 5.41) is 3.77. The molecule has 1 unspecified atom stereocenters. The Morgan fingerprint density at radius 1 is 1.13 bits per heavy atom. The molecule has 1 fully saturated rings. The smallest absolute Gasteiger partial charge is 0.243 e. The molecule has 7 nitrogen and oxygen atoms in total. The number of hydrogen-bond donors (Lipinski definition) is 1. The number of carbonyl (C=O) groups excluding carboxylic acids is 1. The lowest BCUT2D eigenvalue weighted by atomic mass is 10.1. The second kappa shape index (κ2) is 10.9. The number of amides is 1. The number of thiazole rings is 1. The summed E-state index contributed by atoms with van der Waals surface area (Å²) in [5.74, 6) is 1.02. The number of alkyl halides is 1. The number of anilines is 1. The normalized spacial score (nSPS) is 15.6. The van der Waals surface area contributed by atoms with Crippen LogP contribution in [0.25, 0.3) is 10.2 Å². The number of halogens is 1. The molecule has 198 valence electrons. The summed E-state index contributed by atoms with van der Waals surface area (Å²) in [6.07, 6.45) is 1.64. The Labute approximate surface area is 225 Å². The van der Waals surface area contributed by atoms with Gasteiger partial charge in [0.15, 0.2) is 5.13 Å². The lowest BCUT2D eigenvalue weighted by Gasteiger charge is -2.23. The highest BCUT2D eigenvalue weighted by molar-refractivity contribution is 7.22. The molecule has 5 rings (SSSR count). The van der Waals surface area contributed by atoms with Crippen LogP contribution in [0.2, 0.25) is 0 Å². The van der Waals surface area contributed by atoms with Crippen LogP contribution >= 0.6 is 11.3 Å². The Bertz CT molecular complexity index is 1400. The molecule has 1 atom stereocenters. The molecule has 9 heteroatoms. The van der Waals surface area contributed by atoms with Gasteiger partial charge in [0.2, 0.25) is 11.8 Å². The third kappa shape index (κ3) is 5.72. The van der Waals surface area contributed by atoms with Gasteiger partial charge in [-0.1, -0.05) is 53.8 Å². The number of carbonyl (C=O) groups is 1. The second-order valence-electron chi connectivity index (χ2n) is 9.82. The molecule has 2 aromatic carbocycles. The first-order valence-corrected chi connectivity index (χ1v) is 13.5. The highest BCUT2D eigenvalue weighted by atomic mass is 32.1. The topological polar surface area (TPSA) is 76.6 Å². The summed E-state index contributed by atoms with van der Waals surface area (Å²) in [4.78, 5) is 24.5. The minimum Gasteiger partial charge on any atom is -0.497 e. The molecule has 1 amide bonds. The number of hydrogen-bond acceptors (Lipinski definition) is 7. The van der Waals surface area contributed by atoms with Gasteiger partial charge in [-0.15, -0.1) is 0 Å². The standard InChI is InChI=1S/C29H31FN4O3S/c1-29(2,30)24-16-23-25(27(32-24)37-18-20-11-13-21(36-3)14-12-20)33-28(38-23)34-15-7-10-22(34)26(35)31-17-19-8-5-4-6-9-19/h4-6,8-9,11-14,16,22H,7,10,15,17-18H2,1-3H3,(H,31,35). The average molecular weight is 535 g/mol. The van der Waals surface area contributed by atoms with Gasteiger partial charge in [-0.05, 0) is 56.0 Å². The van der Waals surface area contributed by atoms with Gasteiger partial charge in [-0.2, -0.15) is 0 Å². The fourth-order valence-electron chi connectivity index (χ4n) is 4.46. The molecule has 1 aliphatic heterocycles. The number of nitrogens with one attached hydrogen (secondary N) is 1. The zero-order chi connectivity index (χ0) is 26.7. The van der Waals surface area contributed by atoms with Crippen LogP contribution in [0, 0.1) is 0 Å². The first-order chi connectivity index (χ1) is 18.3. The molecule has 3 heterocycles. The van der Waals surface area contributed by atoms with Crippen LogP contribution in [0.15, 0.2) is 60.7 Å². The second-order valence-corrected chi connectivity index (χ2v) is 10.8. The van der Waals surface area contributed by atoms with Crippen LogP contribution in [0.5, 0.6) is 11.6 Å². The van der Waals surface area contributed by atoms with E-state index in [1.807, 2.05) is 59.5 Å². The third-order valence-electron chi connectivity index (χ3n) is 6.59. The zero-order valence-electron chi connectivity index (χ0n) is 21.7. The van der Waals surface area contributed by atoms with Crippen molar-refractivity contribution in [3.63, 3.8) is 0 Å². The van der Waals surface area contributed by atoms with E-state index in [4.69, 9.17) is 14.5 Å². The molecule has 38 heavy (non-hydrogen) atoms. The van der Waals surface area contributed by atoms with Crippen molar-refractivity contribution in [2.75, 3.05) is 18.6 Å². The first kappa shape index (κ1) is 25.9. The molecular formula is C29H31FN4O3S. The largest absolute Gasteiger partial charge is 0.497 e. The van der Waals surface area contributed by atoms with Crippen molar-refractivity contribution < 1.29 is 18.7 Å². The number of methoxy groups -OCH3 is 1. The summed E-state index contributed by atoms with van der Waals surface area (Å²) < 4.78 is 27.0. The Balaban J connectivity index is 1.39. The highest BCUT2D eigenvalue weighted by Gasteiger charge is 2.33. The summed E-state index contributed by atoms with van der Waals surface area (Å²) in [5.41, 5.74) is 1.18. The van der Waals surface area contributed by atoms with Gasteiger partial charge in [-0.25, -0.2) is 14.4 Å². The van der Waals surface area contributed by atoms with E-state index in [1.165, 1.54) is 25.2 Å². The Hall–Kier alpha value is -3.72. The molecule has 0 spiro atoms.